The molecule has 88 valence electrons. The Bertz CT molecular complexity index is 133. The molecule has 0 radical (unpaired) electrons. The number of quaternary nitrogens is 2. The molecule has 0 saturated heterocycles. The second-order valence-electron chi connectivity index (χ2n) is 2.54. The number of carbonyl (C=O) groups excluding carboxylic acids is 1. The Balaban J connectivity index is -0.0000000610. The predicted molar refractivity (Wildman–Crippen MR) is 51.3 cm³/mol. The first-order valence-electron chi connectivity index (χ1n) is 4.40. The van der Waals surface area contributed by atoms with Crippen LogP contribution in [0.2, 0.25) is 0 Å². The topological polar surface area (TPSA) is 95.4 Å². The maximum atomic E-state index is 9.62. The van der Waals surface area contributed by atoms with Gasteiger partial charge in [-0.1, -0.05) is 5.57 Å². The van der Waals surface area contributed by atoms with Crippen LogP contribution < -0.4 is 29.0 Å². The molecule has 0 heterocycles. The number of allylic oxidation sites excluding steroid dienone is 1. The smallest absolute Gasteiger partial charge is 0.0711 e. The molecule has 14 heavy (non-hydrogen) atoms. The van der Waals surface area contributed by atoms with Gasteiger partial charge in [-0.2, -0.15) is 0 Å². The first-order valence-corrected chi connectivity index (χ1v) is 4.40. The van der Waals surface area contributed by atoms with Crippen molar-refractivity contribution in [2.24, 2.45) is 0 Å². The molecule has 0 fully saturated rings. The van der Waals surface area contributed by atoms with Gasteiger partial charge in [0.2, 0.25) is 0 Å². The SMILES string of the molecule is CC(C)=CC(=O)[O-].CC[NH3+].CC[NH3+].[Cl-]. The lowest BCUT2D eigenvalue weighted by Crippen LogP contribution is -3.00. The molecular weight excluding hydrogens is 204 g/mol. The summed E-state index contributed by atoms with van der Waals surface area (Å²) in [5.41, 5.74) is 7.72. The van der Waals surface area contributed by atoms with Crippen molar-refractivity contribution in [3.63, 3.8) is 0 Å². The van der Waals surface area contributed by atoms with Crippen LogP contribution in [0.1, 0.15) is 27.7 Å². The maximum Gasteiger partial charge on any atom is 0.0711 e. The van der Waals surface area contributed by atoms with E-state index in [1.165, 1.54) is 0 Å². The summed E-state index contributed by atoms with van der Waals surface area (Å²) in [6, 6.07) is 0. The number of carbonyl (C=O) groups is 1. The van der Waals surface area contributed by atoms with E-state index in [0.717, 1.165) is 24.7 Å². The average Bonchev–Trinajstić information content (AvgIpc) is 1.86. The van der Waals surface area contributed by atoms with Gasteiger partial charge in [-0.15, -0.1) is 0 Å². The zero-order valence-corrected chi connectivity index (χ0v) is 10.4. The van der Waals surface area contributed by atoms with Crippen molar-refractivity contribution in [3.8, 4) is 0 Å². The van der Waals surface area contributed by atoms with Gasteiger partial charge in [0.1, 0.15) is 0 Å². The van der Waals surface area contributed by atoms with E-state index in [1.807, 2.05) is 13.8 Å². The van der Waals surface area contributed by atoms with E-state index in [9.17, 15) is 9.90 Å². The number of aliphatic carboxylic acids is 1. The molecule has 0 atom stereocenters. The van der Waals surface area contributed by atoms with Gasteiger partial charge in [0.05, 0.1) is 19.1 Å². The third-order valence-electron chi connectivity index (χ3n) is 0.407. The number of carboxylic acids is 1. The van der Waals surface area contributed by atoms with Crippen molar-refractivity contribution in [1.82, 2.24) is 0 Å². The lowest BCUT2D eigenvalue weighted by molar-refractivity contribution is -0.362. The van der Waals surface area contributed by atoms with Crippen LogP contribution in [-0.2, 0) is 4.79 Å². The zero-order chi connectivity index (χ0) is 11.3. The van der Waals surface area contributed by atoms with E-state index in [1.54, 1.807) is 13.8 Å². The van der Waals surface area contributed by atoms with Gasteiger partial charge in [0.25, 0.3) is 0 Å². The van der Waals surface area contributed by atoms with Crippen molar-refractivity contribution < 1.29 is 33.8 Å². The minimum Gasteiger partial charge on any atom is -1.00 e. The number of halogens is 1. The summed E-state index contributed by atoms with van der Waals surface area (Å²) in [5, 5.41) is 9.62. The predicted octanol–water partition coefficient (Wildman–Crippen LogP) is -4.80. The Morgan fingerprint density at radius 3 is 1.43 bits per heavy atom. The number of hydrogen-bond acceptors (Lipinski definition) is 2. The summed E-state index contributed by atoms with van der Waals surface area (Å²) in [6.07, 6.45) is 1.06. The lowest BCUT2D eigenvalue weighted by atomic mass is 10.3. The zero-order valence-electron chi connectivity index (χ0n) is 9.60. The molecule has 0 saturated carbocycles. The van der Waals surface area contributed by atoms with Gasteiger partial charge in [-0.25, -0.2) is 0 Å². The molecule has 0 aliphatic carbocycles. The van der Waals surface area contributed by atoms with E-state index < -0.39 is 5.97 Å². The van der Waals surface area contributed by atoms with Crippen LogP contribution in [0.3, 0.4) is 0 Å². The molecule has 0 aliphatic rings. The number of rotatable bonds is 1. The molecule has 6 N–H and O–H groups in total. The minimum absolute atomic E-state index is 0. The van der Waals surface area contributed by atoms with E-state index in [0.29, 0.717) is 0 Å². The molecule has 5 heteroatoms. The molecule has 0 amide bonds. The number of hydrogen-bond donors (Lipinski definition) is 2. The highest BCUT2D eigenvalue weighted by Crippen LogP contribution is 1.83. The normalized spacial score (nSPS) is 6.43. The van der Waals surface area contributed by atoms with Crippen LogP contribution in [-0.4, -0.2) is 19.1 Å². The fourth-order valence-electron chi connectivity index (χ4n) is 0.236. The van der Waals surface area contributed by atoms with Gasteiger partial charge >= 0.3 is 0 Å². The van der Waals surface area contributed by atoms with Gasteiger partial charge in [-0.05, 0) is 33.8 Å². The third-order valence-corrected chi connectivity index (χ3v) is 0.407. The van der Waals surface area contributed by atoms with Gasteiger partial charge in [-0.3, -0.25) is 0 Å². The molecule has 0 unspecified atom stereocenters. The van der Waals surface area contributed by atoms with Crippen LogP contribution in [0.4, 0.5) is 0 Å². The highest BCUT2D eigenvalue weighted by molar-refractivity contribution is 5.78. The lowest BCUT2D eigenvalue weighted by Gasteiger charge is -1.89. The highest BCUT2D eigenvalue weighted by atomic mass is 35.5. The molecule has 0 aliphatic heterocycles. The van der Waals surface area contributed by atoms with Gasteiger partial charge < -0.3 is 33.8 Å². The summed E-state index contributed by atoms with van der Waals surface area (Å²) < 4.78 is 0. The summed E-state index contributed by atoms with van der Waals surface area (Å²) in [4.78, 5) is 9.62. The van der Waals surface area contributed by atoms with Crippen molar-refractivity contribution >= 4 is 5.97 Å². The standard InChI is InChI=1S/C5H8O2.2C2H7N.ClH/c1-4(2)3-5(6)7;2*1-2-3;/h3H,1-2H3,(H,6,7);2*2-3H2,1H3;1H. The average molecular weight is 227 g/mol. The van der Waals surface area contributed by atoms with Crippen LogP contribution in [0.5, 0.6) is 0 Å². The summed E-state index contributed by atoms with van der Waals surface area (Å²) in [6.45, 7) is 9.44. The fraction of sp³-hybridized carbons (Fsp3) is 0.667. The van der Waals surface area contributed by atoms with Crippen molar-refractivity contribution in [2.45, 2.75) is 27.7 Å². The quantitative estimate of drug-likeness (QED) is 0.439. The molecular formula is C9H23ClN2O2. The Hall–Kier alpha value is -0.580. The monoisotopic (exact) mass is 226 g/mol. The largest absolute Gasteiger partial charge is 1.00 e. The Morgan fingerprint density at radius 1 is 1.21 bits per heavy atom. The molecule has 0 aromatic heterocycles. The fourth-order valence-corrected chi connectivity index (χ4v) is 0.236. The van der Waals surface area contributed by atoms with Crippen LogP contribution in [0, 0.1) is 0 Å². The first kappa shape index (κ1) is 23.3. The van der Waals surface area contributed by atoms with E-state index in [4.69, 9.17) is 0 Å². The van der Waals surface area contributed by atoms with Crippen LogP contribution in [0.25, 0.3) is 0 Å². The Labute approximate surface area is 92.8 Å². The molecule has 0 aromatic carbocycles. The van der Waals surface area contributed by atoms with Crippen LogP contribution in [0.15, 0.2) is 11.6 Å². The Kier molecular flexibility index (Phi) is 38.1. The molecule has 0 rings (SSSR count). The number of carboxylic acid groups (broad SMARTS) is 1. The summed E-state index contributed by atoms with van der Waals surface area (Å²) in [7, 11) is 0. The van der Waals surface area contributed by atoms with Crippen LogP contribution >= 0.6 is 0 Å². The van der Waals surface area contributed by atoms with E-state index in [2.05, 4.69) is 11.5 Å². The van der Waals surface area contributed by atoms with Gasteiger partial charge in [0.15, 0.2) is 0 Å². The molecule has 0 bridgehead atoms. The maximum absolute atomic E-state index is 9.62. The Morgan fingerprint density at radius 2 is 1.43 bits per heavy atom. The first-order chi connectivity index (χ1) is 5.95. The van der Waals surface area contributed by atoms with E-state index >= 15 is 0 Å². The minimum atomic E-state index is -1.12. The molecule has 4 nitrogen and oxygen atoms in total. The van der Waals surface area contributed by atoms with Gasteiger partial charge in [0, 0.05) is 0 Å². The van der Waals surface area contributed by atoms with Crippen molar-refractivity contribution in [2.75, 3.05) is 13.1 Å². The van der Waals surface area contributed by atoms with Crippen molar-refractivity contribution in [3.05, 3.63) is 11.6 Å². The highest BCUT2D eigenvalue weighted by Gasteiger charge is 1.72. The second-order valence-corrected chi connectivity index (χ2v) is 2.54. The summed E-state index contributed by atoms with van der Waals surface area (Å²) >= 11 is 0. The third kappa shape index (κ3) is 106. The van der Waals surface area contributed by atoms with Crippen molar-refractivity contribution in [1.29, 1.82) is 0 Å². The molecule has 0 spiro atoms. The second kappa shape index (κ2) is 22.8. The molecule has 0 aromatic rings. The van der Waals surface area contributed by atoms with E-state index in [-0.39, 0.29) is 12.4 Å². The summed E-state index contributed by atoms with van der Waals surface area (Å²) in [5.74, 6) is -1.12.